The molecule has 130 valence electrons. The SMILES string of the molecule is O=C1CC(Nc2cccc(C(=O)NCc3ccccn3)c2)CCCN1. The first-order valence-electron chi connectivity index (χ1n) is 8.52. The third-order valence-corrected chi connectivity index (χ3v) is 4.14. The Kier molecular flexibility index (Phi) is 5.61. The number of amides is 2. The Hall–Kier alpha value is -2.89. The van der Waals surface area contributed by atoms with Gasteiger partial charge < -0.3 is 16.0 Å². The second-order valence-corrected chi connectivity index (χ2v) is 6.12. The van der Waals surface area contributed by atoms with Gasteiger partial charge in [0.25, 0.3) is 5.91 Å². The van der Waals surface area contributed by atoms with Crippen LogP contribution >= 0.6 is 0 Å². The van der Waals surface area contributed by atoms with Crippen LogP contribution in [0.1, 0.15) is 35.3 Å². The molecule has 0 spiro atoms. The van der Waals surface area contributed by atoms with Crippen molar-refractivity contribution in [2.75, 3.05) is 11.9 Å². The molecular weight excluding hydrogens is 316 g/mol. The topological polar surface area (TPSA) is 83.1 Å². The Morgan fingerprint density at radius 3 is 3.00 bits per heavy atom. The van der Waals surface area contributed by atoms with Crippen LogP contribution in [0.3, 0.4) is 0 Å². The highest BCUT2D eigenvalue weighted by atomic mass is 16.2. The van der Waals surface area contributed by atoms with Crippen molar-refractivity contribution < 1.29 is 9.59 Å². The van der Waals surface area contributed by atoms with E-state index in [2.05, 4.69) is 20.9 Å². The predicted octanol–water partition coefficient (Wildman–Crippen LogP) is 2.09. The second-order valence-electron chi connectivity index (χ2n) is 6.12. The van der Waals surface area contributed by atoms with E-state index in [0.717, 1.165) is 30.8 Å². The molecule has 6 nitrogen and oxygen atoms in total. The maximum absolute atomic E-state index is 12.3. The summed E-state index contributed by atoms with van der Waals surface area (Å²) < 4.78 is 0. The van der Waals surface area contributed by atoms with Crippen LogP contribution in [0.15, 0.2) is 48.7 Å². The van der Waals surface area contributed by atoms with E-state index in [1.807, 2.05) is 36.4 Å². The number of anilines is 1. The molecule has 2 amide bonds. The van der Waals surface area contributed by atoms with Crippen molar-refractivity contribution in [2.45, 2.75) is 31.8 Å². The van der Waals surface area contributed by atoms with Gasteiger partial charge in [0.15, 0.2) is 0 Å². The zero-order valence-electron chi connectivity index (χ0n) is 14.0. The number of hydrogen-bond acceptors (Lipinski definition) is 4. The molecule has 25 heavy (non-hydrogen) atoms. The maximum Gasteiger partial charge on any atom is 0.251 e. The number of nitrogens with one attached hydrogen (secondary N) is 3. The number of carbonyl (C=O) groups excluding carboxylic acids is 2. The van der Waals surface area contributed by atoms with Crippen LogP contribution in [0.2, 0.25) is 0 Å². The monoisotopic (exact) mass is 338 g/mol. The minimum absolute atomic E-state index is 0.0688. The summed E-state index contributed by atoms with van der Waals surface area (Å²) in [7, 11) is 0. The van der Waals surface area contributed by atoms with Gasteiger partial charge in [0.2, 0.25) is 5.91 Å². The molecule has 1 fully saturated rings. The standard InChI is InChI=1S/C19H22N4O2/c24-18-12-16(8-4-10-21-18)23-15-7-3-5-14(11-15)19(25)22-13-17-6-1-2-9-20-17/h1-3,5-7,9,11,16,23H,4,8,10,12-13H2,(H,21,24)(H,22,25). The van der Waals surface area contributed by atoms with Crippen LogP contribution in [-0.4, -0.2) is 29.4 Å². The summed E-state index contributed by atoms with van der Waals surface area (Å²) in [6.07, 6.45) is 4.04. The molecule has 0 radical (unpaired) electrons. The van der Waals surface area contributed by atoms with Gasteiger partial charge in [-0.15, -0.1) is 0 Å². The van der Waals surface area contributed by atoms with Crippen molar-refractivity contribution in [1.29, 1.82) is 0 Å². The van der Waals surface area contributed by atoms with Crippen molar-refractivity contribution in [1.82, 2.24) is 15.6 Å². The molecule has 3 N–H and O–H groups in total. The Bertz CT molecular complexity index is 733. The maximum atomic E-state index is 12.3. The number of carbonyl (C=O) groups is 2. The van der Waals surface area contributed by atoms with Gasteiger partial charge in [-0.25, -0.2) is 0 Å². The molecule has 2 heterocycles. The van der Waals surface area contributed by atoms with Gasteiger partial charge in [0.1, 0.15) is 0 Å². The van der Waals surface area contributed by atoms with Gasteiger partial charge in [-0.3, -0.25) is 14.6 Å². The highest BCUT2D eigenvalue weighted by Gasteiger charge is 2.17. The minimum atomic E-state index is -0.145. The Labute approximate surface area is 147 Å². The lowest BCUT2D eigenvalue weighted by molar-refractivity contribution is -0.120. The molecule has 1 aliphatic heterocycles. The van der Waals surface area contributed by atoms with Crippen LogP contribution in [0.4, 0.5) is 5.69 Å². The van der Waals surface area contributed by atoms with E-state index >= 15 is 0 Å². The molecule has 1 atom stereocenters. The largest absolute Gasteiger partial charge is 0.382 e. The van der Waals surface area contributed by atoms with E-state index in [-0.39, 0.29) is 17.9 Å². The highest BCUT2D eigenvalue weighted by Crippen LogP contribution is 2.16. The molecule has 1 aromatic carbocycles. The third kappa shape index (κ3) is 5.04. The fourth-order valence-corrected chi connectivity index (χ4v) is 2.86. The Balaban J connectivity index is 1.60. The summed E-state index contributed by atoms with van der Waals surface area (Å²) in [6.45, 7) is 1.12. The van der Waals surface area contributed by atoms with E-state index in [4.69, 9.17) is 0 Å². The molecule has 1 saturated heterocycles. The van der Waals surface area contributed by atoms with Crippen LogP contribution in [-0.2, 0) is 11.3 Å². The average Bonchev–Trinajstić information content (AvgIpc) is 2.84. The molecule has 1 aliphatic rings. The Morgan fingerprint density at radius 1 is 1.24 bits per heavy atom. The summed E-state index contributed by atoms with van der Waals surface area (Å²) in [4.78, 5) is 28.2. The minimum Gasteiger partial charge on any atom is -0.382 e. The number of pyridine rings is 1. The lowest BCUT2D eigenvalue weighted by Crippen LogP contribution is -2.27. The summed E-state index contributed by atoms with van der Waals surface area (Å²) in [6, 6.07) is 13.0. The molecule has 0 saturated carbocycles. The van der Waals surface area contributed by atoms with E-state index in [1.165, 1.54) is 0 Å². The number of nitrogens with zero attached hydrogens (tertiary/aromatic N) is 1. The fraction of sp³-hybridized carbons (Fsp3) is 0.316. The third-order valence-electron chi connectivity index (χ3n) is 4.14. The number of aromatic nitrogens is 1. The normalized spacial score (nSPS) is 17.3. The second kappa shape index (κ2) is 8.28. The van der Waals surface area contributed by atoms with Crippen molar-refractivity contribution >= 4 is 17.5 Å². The van der Waals surface area contributed by atoms with Gasteiger partial charge in [-0.1, -0.05) is 12.1 Å². The molecule has 6 heteroatoms. The molecule has 0 aliphatic carbocycles. The van der Waals surface area contributed by atoms with Gasteiger partial charge in [0, 0.05) is 36.5 Å². The van der Waals surface area contributed by atoms with Gasteiger partial charge in [-0.2, -0.15) is 0 Å². The molecule has 1 aromatic heterocycles. The Morgan fingerprint density at radius 2 is 2.16 bits per heavy atom. The zero-order chi connectivity index (χ0) is 17.5. The summed E-state index contributed by atoms with van der Waals surface area (Å²) in [5, 5.41) is 9.11. The number of benzene rings is 1. The summed E-state index contributed by atoms with van der Waals surface area (Å²) >= 11 is 0. The number of hydrogen-bond donors (Lipinski definition) is 3. The van der Waals surface area contributed by atoms with Crippen molar-refractivity contribution in [2.24, 2.45) is 0 Å². The highest BCUT2D eigenvalue weighted by molar-refractivity contribution is 5.95. The van der Waals surface area contributed by atoms with E-state index in [0.29, 0.717) is 18.5 Å². The quantitative estimate of drug-likeness (QED) is 0.779. The smallest absolute Gasteiger partial charge is 0.251 e. The first-order valence-corrected chi connectivity index (χ1v) is 8.52. The predicted molar refractivity (Wildman–Crippen MR) is 96.1 cm³/mol. The summed E-state index contributed by atoms with van der Waals surface area (Å²) in [5.41, 5.74) is 2.25. The van der Waals surface area contributed by atoms with Crippen molar-refractivity contribution in [3.63, 3.8) is 0 Å². The van der Waals surface area contributed by atoms with E-state index in [1.54, 1.807) is 12.3 Å². The first-order chi connectivity index (χ1) is 12.2. The van der Waals surface area contributed by atoms with E-state index in [9.17, 15) is 9.59 Å². The van der Waals surface area contributed by atoms with Crippen LogP contribution in [0.5, 0.6) is 0 Å². The van der Waals surface area contributed by atoms with Crippen LogP contribution in [0, 0.1) is 0 Å². The van der Waals surface area contributed by atoms with Crippen molar-refractivity contribution in [3.05, 3.63) is 59.9 Å². The molecule has 0 bridgehead atoms. The lowest BCUT2D eigenvalue weighted by atomic mass is 10.1. The van der Waals surface area contributed by atoms with Gasteiger partial charge >= 0.3 is 0 Å². The molecule has 1 unspecified atom stereocenters. The van der Waals surface area contributed by atoms with E-state index < -0.39 is 0 Å². The zero-order valence-corrected chi connectivity index (χ0v) is 14.0. The van der Waals surface area contributed by atoms with Crippen LogP contribution < -0.4 is 16.0 Å². The molecule has 2 aromatic rings. The van der Waals surface area contributed by atoms with Gasteiger partial charge in [-0.05, 0) is 43.2 Å². The van der Waals surface area contributed by atoms with Gasteiger partial charge in [0.05, 0.1) is 12.2 Å². The van der Waals surface area contributed by atoms with Crippen LogP contribution in [0.25, 0.3) is 0 Å². The molecule has 3 rings (SSSR count). The first kappa shape index (κ1) is 17.0. The van der Waals surface area contributed by atoms with Crippen molar-refractivity contribution in [3.8, 4) is 0 Å². The summed E-state index contributed by atoms with van der Waals surface area (Å²) in [5.74, 6) is -0.0767. The average molecular weight is 338 g/mol. The number of rotatable bonds is 5. The lowest BCUT2D eigenvalue weighted by Gasteiger charge is -2.17. The molecular formula is C19H22N4O2. The fourth-order valence-electron chi connectivity index (χ4n) is 2.86.